The molecule has 16 heteroatoms. The van der Waals surface area contributed by atoms with Crippen LogP contribution in [0.5, 0.6) is 46.0 Å². The minimum absolute atomic E-state index is 0.0104. The van der Waals surface area contributed by atoms with Crippen molar-refractivity contribution in [2.24, 2.45) is 23.7 Å². The SMILES string of the molecule is COc1c2cccc1Cc1cc(-c3scc4c3OCCO4)cc(c1O)CC1=CC=CC(C[C@@H]3C=C(c4scc5c4OCCO5)C=C(C2)[C@@H]3O)C1OC.COc1c2cccc1Cc1cc(I)cc(c1O)CC1=CC=CC(C[C@@H]3C=C(I)C=C(C2)[C@@H]3O)C1OC. The normalized spacial score (nSPS) is 24.2. The maximum Gasteiger partial charge on any atom is 0.179 e. The molecule has 0 fully saturated rings. The number of halogens is 2. The highest BCUT2D eigenvalue weighted by Crippen LogP contribution is 2.50. The Morgan fingerprint density at radius 2 is 0.943 bits per heavy atom. The lowest BCUT2D eigenvalue weighted by Crippen LogP contribution is -2.33. The number of phenolic OH excluding ortho intramolecular Hbond substituents is 2. The molecule has 0 radical (unpaired) electrons. The van der Waals surface area contributed by atoms with Crippen LogP contribution in [0.25, 0.3) is 16.0 Å². The Hall–Kier alpha value is -6.10. The largest absolute Gasteiger partial charge is 0.507 e. The summed E-state index contributed by atoms with van der Waals surface area (Å²) in [6.45, 7) is 2.06. The Morgan fingerprint density at radius 3 is 1.48 bits per heavy atom. The first-order valence-electron chi connectivity index (χ1n) is 29.9. The van der Waals surface area contributed by atoms with E-state index in [-0.39, 0.29) is 41.6 Å². The minimum atomic E-state index is -0.708. The number of ether oxygens (including phenoxy) is 8. The number of para-hydroxylation sites is 2. The van der Waals surface area contributed by atoms with Gasteiger partial charge in [-0.05, 0) is 192 Å². The summed E-state index contributed by atoms with van der Waals surface area (Å²) in [7, 11) is 6.89. The van der Waals surface area contributed by atoms with Crippen LogP contribution in [0, 0.1) is 27.2 Å². The summed E-state index contributed by atoms with van der Waals surface area (Å²) in [6, 6.07) is 20.6. The number of hydrogen-bond acceptors (Lipinski definition) is 14. The summed E-state index contributed by atoms with van der Waals surface area (Å²) in [4.78, 5) is 1.99. The number of aliphatic hydroxyl groups is 2. The van der Waals surface area contributed by atoms with Gasteiger partial charge in [0.15, 0.2) is 23.0 Å². The van der Waals surface area contributed by atoms with E-state index in [1.807, 2.05) is 29.0 Å². The van der Waals surface area contributed by atoms with Crippen LogP contribution >= 0.6 is 67.9 Å². The van der Waals surface area contributed by atoms with E-state index in [9.17, 15) is 20.4 Å². The molecule has 2 aliphatic heterocycles. The van der Waals surface area contributed by atoms with Gasteiger partial charge >= 0.3 is 0 Å². The molecule has 12 nitrogen and oxygen atoms in total. The van der Waals surface area contributed by atoms with Crippen LogP contribution < -0.4 is 28.4 Å². The van der Waals surface area contributed by atoms with Gasteiger partial charge in [-0.3, -0.25) is 0 Å². The van der Waals surface area contributed by atoms with E-state index in [0.29, 0.717) is 77.1 Å². The first-order chi connectivity index (χ1) is 42.9. The third-order valence-corrected chi connectivity index (χ3v) is 21.4. The first kappa shape index (κ1) is 60.8. The molecule has 4 aromatic carbocycles. The lowest BCUT2D eigenvalue weighted by Gasteiger charge is -2.35. The van der Waals surface area contributed by atoms with Gasteiger partial charge in [-0.25, -0.2) is 0 Å². The van der Waals surface area contributed by atoms with Gasteiger partial charge < -0.3 is 58.3 Å². The Bertz CT molecular complexity index is 3930. The lowest BCUT2D eigenvalue weighted by atomic mass is 9.75. The summed E-state index contributed by atoms with van der Waals surface area (Å²) in [6.07, 6.45) is 24.4. The molecule has 0 saturated heterocycles. The summed E-state index contributed by atoms with van der Waals surface area (Å²) < 4.78 is 50.6. The Balaban J connectivity index is 0.000000174. The predicted molar refractivity (Wildman–Crippen MR) is 362 cm³/mol. The zero-order chi connectivity index (χ0) is 60.7. The number of methoxy groups -OCH3 is 4. The third-order valence-electron chi connectivity index (χ3n) is 18.2. The van der Waals surface area contributed by atoms with Gasteiger partial charge in [-0.15, -0.1) is 22.7 Å². The minimum Gasteiger partial charge on any atom is -0.507 e. The molecule has 4 unspecified atom stereocenters. The van der Waals surface area contributed by atoms with E-state index in [1.54, 1.807) is 51.1 Å². The fourth-order valence-electron chi connectivity index (χ4n) is 14.2. The van der Waals surface area contributed by atoms with Gasteiger partial charge in [-0.1, -0.05) is 91.1 Å². The van der Waals surface area contributed by atoms with E-state index < -0.39 is 12.2 Å². The Labute approximate surface area is 549 Å². The number of aliphatic hydroxyl groups excluding tert-OH is 2. The van der Waals surface area contributed by atoms with Crippen molar-refractivity contribution in [2.45, 2.75) is 75.8 Å². The van der Waals surface area contributed by atoms with Crippen LogP contribution in [0.3, 0.4) is 0 Å². The van der Waals surface area contributed by atoms with E-state index in [4.69, 9.17) is 37.9 Å². The standard InChI is InChI=1S/C42H40O8S2.C30H30I2O4/c1-45-37-23-5-3-6-24(37)14-28-18-32(42-40-34(22-52-42)48-10-12-50-40)20-30(36(28)44)16-26-8-4-7-25(38(26)46-2)15-29-19-31(17-27(13-23)35(29)43)41-39-33(21-51-41)47-9-11-49-39;1-35-29-17-5-3-6-18(29)10-22-14-26(32)16-24(28(22)34)12-20-8-4-7-19(30(20)36-2)11-23-15-25(31)13-21(9-17)27(23)33/h3-8,17-23,27,35,37,43-44H,9-16H2,1-2H3;3-8,13-17,21,27,29,33-34H,9-12H2,1-2H3/t23?,27-,35-,37?;17?,21-,27-,29?/m11/s1. The number of thiophene rings is 2. The van der Waals surface area contributed by atoms with E-state index in [0.717, 1.165) is 136 Å². The molecule has 2 aromatic heterocycles. The summed E-state index contributed by atoms with van der Waals surface area (Å²) >= 11 is 7.89. The molecule has 14 rings (SSSR count). The molecule has 4 heterocycles. The number of hydrogen-bond donors (Lipinski definition) is 4. The summed E-state index contributed by atoms with van der Waals surface area (Å²) in [5.74, 6) is 5.14. The molecule has 88 heavy (non-hydrogen) atoms. The fraction of sp³-hybridized carbons (Fsp3) is 0.333. The quantitative estimate of drug-likeness (QED) is 0.117. The van der Waals surface area contributed by atoms with Crippen molar-refractivity contribution in [1.29, 1.82) is 0 Å². The van der Waals surface area contributed by atoms with Gasteiger partial charge in [0, 0.05) is 68.6 Å². The molecule has 8 atom stereocenters. The number of rotatable bonds is 6. The lowest BCUT2D eigenvalue weighted by molar-refractivity contribution is 0.0728. The molecule has 0 spiro atoms. The highest BCUT2D eigenvalue weighted by molar-refractivity contribution is 14.1. The maximum absolute atomic E-state index is 12.1. The third kappa shape index (κ3) is 12.2. The number of phenols is 2. The average Bonchev–Trinajstić information content (AvgIpc) is 4.38. The molecule has 0 saturated carbocycles. The predicted octanol–water partition coefficient (Wildman–Crippen LogP) is 14.4. The molecular formula is C72H70I2O12S2. The first-order valence-corrected chi connectivity index (χ1v) is 33.8. The second-order valence-corrected chi connectivity index (χ2v) is 27.9. The molecule has 456 valence electrons. The average molecular weight is 1450 g/mol. The van der Waals surface area contributed by atoms with Crippen molar-refractivity contribution in [3.63, 3.8) is 0 Å². The van der Waals surface area contributed by atoms with Crippen LogP contribution in [0.4, 0.5) is 0 Å². The zero-order valence-corrected chi connectivity index (χ0v) is 55.4. The van der Waals surface area contributed by atoms with Crippen molar-refractivity contribution in [3.8, 4) is 56.4 Å². The van der Waals surface area contributed by atoms with E-state index in [1.165, 1.54) is 0 Å². The molecule has 4 N–H and O–H groups in total. The molecule has 8 aliphatic rings. The van der Waals surface area contributed by atoms with Gasteiger partial charge in [0.05, 0.1) is 48.4 Å². The van der Waals surface area contributed by atoms with Crippen molar-refractivity contribution in [1.82, 2.24) is 0 Å². The van der Waals surface area contributed by atoms with E-state index in [2.05, 4.69) is 148 Å². The maximum atomic E-state index is 12.1. The molecule has 0 amide bonds. The van der Waals surface area contributed by atoms with E-state index >= 15 is 0 Å². The second-order valence-electron chi connectivity index (χ2n) is 23.6. The monoisotopic (exact) mass is 1440 g/mol. The van der Waals surface area contributed by atoms with Gasteiger partial charge in [0.25, 0.3) is 0 Å². The van der Waals surface area contributed by atoms with Crippen LogP contribution in [0.2, 0.25) is 0 Å². The molecule has 6 aromatic rings. The van der Waals surface area contributed by atoms with Crippen LogP contribution in [-0.4, -0.2) is 99.7 Å². The molecule has 6 aliphatic carbocycles. The number of fused-ring (bicyclic) bond motifs is 18. The Kier molecular flexibility index (Phi) is 18.2. The van der Waals surface area contributed by atoms with Gasteiger partial charge in [0.1, 0.15) is 49.4 Å². The van der Waals surface area contributed by atoms with Crippen LogP contribution in [-0.2, 0) is 48.0 Å². The highest BCUT2D eigenvalue weighted by Gasteiger charge is 2.37. The smallest absolute Gasteiger partial charge is 0.179 e. The molecule has 16 bridgehead atoms. The summed E-state index contributed by atoms with van der Waals surface area (Å²) in [5, 5.41) is 50.9. The highest BCUT2D eigenvalue weighted by atomic mass is 127. The number of allylic oxidation sites excluding steroid dienone is 8. The van der Waals surface area contributed by atoms with Crippen molar-refractivity contribution >= 4 is 73.4 Å². The Morgan fingerprint density at radius 1 is 0.500 bits per heavy atom. The van der Waals surface area contributed by atoms with Crippen LogP contribution in [0.15, 0.2) is 158 Å². The fourth-order valence-corrected chi connectivity index (χ4v) is 17.6. The number of aromatic hydroxyl groups is 2. The topological polar surface area (TPSA) is 155 Å². The van der Waals surface area contributed by atoms with Gasteiger partial charge in [-0.2, -0.15) is 0 Å². The van der Waals surface area contributed by atoms with Crippen molar-refractivity contribution < 1.29 is 58.3 Å². The zero-order valence-electron chi connectivity index (χ0n) is 49.4. The van der Waals surface area contributed by atoms with Crippen LogP contribution in [0.1, 0.15) is 62.2 Å². The van der Waals surface area contributed by atoms with Gasteiger partial charge in [0.2, 0.25) is 0 Å². The molecular weight excluding hydrogens is 1370 g/mol. The second kappa shape index (κ2) is 26.4. The summed E-state index contributed by atoms with van der Waals surface area (Å²) in [5.41, 5.74) is 13.5. The number of benzene rings is 4. The van der Waals surface area contributed by atoms with Crippen molar-refractivity contribution in [2.75, 3.05) is 54.9 Å². The van der Waals surface area contributed by atoms with Crippen molar-refractivity contribution in [3.05, 3.63) is 211 Å².